The summed E-state index contributed by atoms with van der Waals surface area (Å²) in [6, 6.07) is 0. The molecule has 0 amide bonds. The van der Waals surface area contributed by atoms with E-state index in [1.54, 1.807) is 0 Å². The highest BCUT2D eigenvalue weighted by Crippen LogP contribution is 2.41. The summed E-state index contributed by atoms with van der Waals surface area (Å²) in [4.78, 5) is 10.6. The van der Waals surface area contributed by atoms with Crippen LogP contribution in [-0.4, -0.2) is 27.4 Å². The molecule has 0 aromatic carbocycles. The van der Waals surface area contributed by atoms with Gasteiger partial charge < -0.3 is 5.11 Å². The van der Waals surface area contributed by atoms with Gasteiger partial charge in [-0.05, 0) is 0 Å². The maximum absolute atomic E-state index is 12.3. The number of aromatic amines is 1. The van der Waals surface area contributed by atoms with E-state index in [9.17, 15) is 31.1 Å². The number of rotatable bonds is 2. The molecule has 1 unspecified atom stereocenters. The minimum absolute atomic E-state index is 1.36. The third-order valence-corrected chi connectivity index (χ3v) is 2.28. The maximum Gasteiger partial charge on any atom is 0.436 e. The second-order valence-corrected chi connectivity index (χ2v) is 3.50. The molecular formula is C7H3ClF6N2O2. The fourth-order valence-corrected chi connectivity index (χ4v) is 1.28. The second-order valence-electron chi connectivity index (χ2n) is 3.07. The molecule has 0 spiro atoms. The topological polar surface area (TPSA) is 66.0 Å². The molecule has 1 atom stereocenters. The summed E-state index contributed by atoms with van der Waals surface area (Å²) in [7, 11) is 0. The summed E-state index contributed by atoms with van der Waals surface area (Å²) < 4.78 is 73.6. The van der Waals surface area contributed by atoms with Crippen LogP contribution in [0.1, 0.15) is 27.1 Å². The van der Waals surface area contributed by atoms with E-state index in [1.165, 1.54) is 5.10 Å². The number of halogens is 7. The summed E-state index contributed by atoms with van der Waals surface area (Å²) in [6.45, 7) is 0. The molecule has 102 valence electrons. The van der Waals surface area contributed by atoms with Gasteiger partial charge in [-0.3, -0.25) is 5.10 Å². The molecule has 0 fully saturated rings. The third kappa shape index (κ3) is 2.68. The van der Waals surface area contributed by atoms with Gasteiger partial charge in [0.2, 0.25) is 0 Å². The van der Waals surface area contributed by atoms with Crippen molar-refractivity contribution >= 4 is 17.6 Å². The van der Waals surface area contributed by atoms with Gasteiger partial charge in [0.15, 0.2) is 11.1 Å². The third-order valence-electron chi connectivity index (χ3n) is 1.82. The highest BCUT2D eigenvalue weighted by Gasteiger charge is 2.47. The molecule has 11 heteroatoms. The summed E-state index contributed by atoms with van der Waals surface area (Å²) in [5, 5.41) is 9.50. The molecule has 0 aliphatic rings. The molecule has 18 heavy (non-hydrogen) atoms. The van der Waals surface area contributed by atoms with Crippen LogP contribution in [-0.2, 0) is 6.18 Å². The van der Waals surface area contributed by atoms with Gasteiger partial charge in [0, 0.05) is 0 Å². The average Bonchev–Trinajstić information content (AvgIpc) is 2.57. The quantitative estimate of drug-likeness (QED) is 0.651. The number of carbonyl (C=O) groups is 1. The lowest BCUT2D eigenvalue weighted by molar-refractivity contribution is -0.142. The molecule has 0 saturated carbocycles. The Morgan fingerprint density at radius 1 is 1.28 bits per heavy atom. The summed E-state index contributed by atoms with van der Waals surface area (Å²) in [5.74, 6) is -2.21. The summed E-state index contributed by atoms with van der Waals surface area (Å²) >= 11 is 4.87. The first-order valence-corrected chi connectivity index (χ1v) is 4.49. The SMILES string of the molecule is O=C(O)c1c(C(F)(F)F)n[nH]c1C(Cl)C(F)(F)F. The van der Waals surface area contributed by atoms with Crippen LogP contribution in [0.4, 0.5) is 26.3 Å². The lowest BCUT2D eigenvalue weighted by Gasteiger charge is -2.12. The van der Waals surface area contributed by atoms with Crippen molar-refractivity contribution in [1.82, 2.24) is 10.2 Å². The van der Waals surface area contributed by atoms with Crippen molar-refractivity contribution in [3.63, 3.8) is 0 Å². The minimum atomic E-state index is -5.20. The lowest BCUT2D eigenvalue weighted by Crippen LogP contribution is -2.19. The second kappa shape index (κ2) is 4.34. The number of aromatic carboxylic acids is 1. The van der Waals surface area contributed by atoms with Crippen LogP contribution in [0.25, 0.3) is 0 Å². The van der Waals surface area contributed by atoms with Gasteiger partial charge in [-0.15, -0.1) is 11.6 Å². The van der Waals surface area contributed by atoms with Gasteiger partial charge in [0.1, 0.15) is 5.56 Å². The van der Waals surface area contributed by atoms with Crippen molar-refractivity contribution in [2.45, 2.75) is 17.7 Å². The maximum atomic E-state index is 12.3. The van der Waals surface area contributed by atoms with E-state index in [1.807, 2.05) is 0 Å². The lowest BCUT2D eigenvalue weighted by atomic mass is 10.1. The largest absolute Gasteiger partial charge is 0.478 e. The molecule has 0 aliphatic heterocycles. The van der Waals surface area contributed by atoms with E-state index in [0.29, 0.717) is 0 Å². The molecule has 0 saturated heterocycles. The van der Waals surface area contributed by atoms with Gasteiger partial charge in [0.05, 0.1) is 5.69 Å². The normalized spacial score (nSPS) is 14.6. The smallest absolute Gasteiger partial charge is 0.436 e. The van der Waals surface area contributed by atoms with Crippen LogP contribution in [0.15, 0.2) is 0 Å². The van der Waals surface area contributed by atoms with Crippen LogP contribution in [0.5, 0.6) is 0 Å². The van der Waals surface area contributed by atoms with Crippen LogP contribution in [0, 0.1) is 0 Å². The molecule has 1 rings (SSSR count). The van der Waals surface area contributed by atoms with Crippen LogP contribution in [0.2, 0.25) is 0 Å². The van der Waals surface area contributed by atoms with E-state index < -0.39 is 40.7 Å². The Kier molecular flexibility index (Phi) is 3.52. The molecule has 2 N–H and O–H groups in total. The number of carboxylic acid groups (broad SMARTS) is 1. The number of nitrogens with zero attached hydrogens (tertiary/aromatic N) is 1. The van der Waals surface area contributed by atoms with E-state index in [-0.39, 0.29) is 0 Å². The first-order valence-electron chi connectivity index (χ1n) is 4.05. The predicted octanol–water partition coefficient (Wildman–Crippen LogP) is 2.97. The van der Waals surface area contributed by atoms with E-state index in [2.05, 4.69) is 5.10 Å². The van der Waals surface area contributed by atoms with Gasteiger partial charge >= 0.3 is 18.3 Å². The first-order chi connectivity index (χ1) is 7.96. The van der Waals surface area contributed by atoms with Crippen LogP contribution >= 0.6 is 11.6 Å². The van der Waals surface area contributed by atoms with Crippen LogP contribution < -0.4 is 0 Å². The fraction of sp³-hybridized carbons (Fsp3) is 0.429. The Bertz CT molecular complexity index is 465. The molecule has 1 aromatic heterocycles. The molecular weight excluding hydrogens is 294 g/mol. The Morgan fingerprint density at radius 3 is 2.11 bits per heavy atom. The Labute approximate surface area is 99.5 Å². The van der Waals surface area contributed by atoms with Crippen molar-refractivity contribution in [2.24, 2.45) is 0 Å². The van der Waals surface area contributed by atoms with Crippen molar-refractivity contribution < 1.29 is 36.2 Å². The van der Waals surface area contributed by atoms with Crippen molar-refractivity contribution in [3.05, 3.63) is 17.0 Å². The molecule has 0 bridgehead atoms. The summed E-state index contributed by atoms with van der Waals surface area (Å²) in [5.41, 5.74) is -4.95. The van der Waals surface area contributed by atoms with Crippen molar-refractivity contribution in [2.75, 3.05) is 0 Å². The summed E-state index contributed by atoms with van der Waals surface area (Å²) in [6.07, 6.45) is -10.3. The number of alkyl halides is 7. The Hall–Kier alpha value is -1.45. The number of aromatic nitrogens is 2. The highest BCUT2D eigenvalue weighted by atomic mass is 35.5. The van der Waals surface area contributed by atoms with Gasteiger partial charge in [-0.25, -0.2) is 4.79 Å². The number of nitrogens with one attached hydrogen (secondary N) is 1. The molecule has 1 heterocycles. The zero-order chi connectivity index (χ0) is 14.3. The van der Waals surface area contributed by atoms with Gasteiger partial charge in [-0.2, -0.15) is 31.4 Å². The van der Waals surface area contributed by atoms with Gasteiger partial charge in [-0.1, -0.05) is 0 Å². The highest BCUT2D eigenvalue weighted by molar-refractivity contribution is 6.21. The predicted molar refractivity (Wildman–Crippen MR) is 45.2 cm³/mol. The van der Waals surface area contributed by atoms with Crippen LogP contribution in [0.3, 0.4) is 0 Å². The number of H-pyrrole nitrogens is 1. The Balaban J connectivity index is 3.40. The zero-order valence-corrected chi connectivity index (χ0v) is 8.78. The Morgan fingerprint density at radius 2 is 1.78 bits per heavy atom. The number of hydrogen-bond donors (Lipinski definition) is 2. The molecule has 1 aromatic rings. The van der Waals surface area contributed by atoms with E-state index in [0.717, 1.165) is 0 Å². The average molecular weight is 297 g/mol. The minimum Gasteiger partial charge on any atom is -0.478 e. The monoisotopic (exact) mass is 296 g/mol. The first kappa shape index (κ1) is 14.6. The van der Waals surface area contributed by atoms with E-state index >= 15 is 0 Å². The van der Waals surface area contributed by atoms with Crippen molar-refractivity contribution in [3.8, 4) is 0 Å². The van der Waals surface area contributed by atoms with Gasteiger partial charge in [0.25, 0.3) is 0 Å². The zero-order valence-electron chi connectivity index (χ0n) is 8.03. The standard InChI is InChI=1S/C7H3ClF6N2O2/c8-3(6(9,10)11)2-1(5(17)18)4(16-15-2)7(12,13)14/h3H,(H,15,16)(H,17,18). The number of hydrogen-bond acceptors (Lipinski definition) is 2. The molecule has 4 nitrogen and oxygen atoms in total. The number of carboxylic acids is 1. The molecule has 0 radical (unpaired) electrons. The molecule has 0 aliphatic carbocycles. The van der Waals surface area contributed by atoms with Crippen molar-refractivity contribution in [1.29, 1.82) is 0 Å². The van der Waals surface area contributed by atoms with E-state index in [4.69, 9.17) is 16.7 Å². The fourth-order valence-electron chi connectivity index (χ4n) is 1.12.